The van der Waals surface area contributed by atoms with Crippen LogP contribution >= 0.6 is 0 Å². The number of nitrogens with two attached hydrogens (primary N) is 1. The number of aryl methyl sites for hydroxylation is 1. The zero-order chi connectivity index (χ0) is 19.4. The summed E-state index contributed by atoms with van der Waals surface area (Å²) >= 11 is 0. The van der Waals surface area contributed by atoms with Gasteiger partial charge in [-0.1, -0.05) is 13.8 Å². The molecular weight excluding hydrogens is 341 g/mol. The summed E-state index contributed by atoms with van der Waals surface area (Å²) in [7, 11) is 0. The molecule has 1 aromatic carbocycles. The van der Waals surface area contributed by atoms with Crippen molar-refractivity contribution in [1.82, 2.24) is 19.7 Å². The Kier molecular flexibility index (Phi) is 5.96. The van der Waals surface area contributed by atoms with E-state index in [0.717, 1.165) is 40.9 Å². The molecule has 2 heterocycles. The van der Waals surface area contributed by atoms with Crippen molar-refractivity contribution in [2.45, 2.75) is 40.2 Å². The number of rotatable bonds is 7. The van der Waals surface area contributed by atoms with E-state index in [9.17, 15) is 4.39 Å². The smallest absolute Gasteiger partial charge is 0.159 e. The molecule has 0 radical (unpaired) electrons. The Morgan fingerprint density at radius 1 is 1.15 bits per heavy atom. The number of aromatic nitrogens is 4. The highest BCUT2D eigenvalue weighted by atomic mass is 19.1. The van der Waals surface area contributed by atoms with Crippen molar-refractivity contribution in [1.29, 1.82) is 0 Å². The molecule has 2 aromatic heterocycles. The average molecular weight is 367 g/mol. The van der Waals surface area contributed by atoms with E-state index in [4.69, 9.17) is 5.73 Å². The number of halogens is 1. The van der Waals surface area contributed by atoms with E-state index in [-0.39, 0.29) is 5.82 Å². The maximum Gasteiger partial charge on any atom is 0.159 e. The van der Waals surface area contributed by atoms with Gasteiger partial charge in [-0.25, -0.2) is 14.4 Å². The molecule has 0 aliphatic rings. The number of benzene rings is 1. The Labute approximate surface area is 159 Å². The summed E-state index contributed by atoms with van der Waals surface area (Å²) in [5, 5.41) is 4.58. The van der Waals surface area contributed by atoms with E-state index in [2.05, 4.69) is 35.1 Å². The molecule has 3 aromatic rings. The first kappa shape index (κ1) is 19.2. The summed E-state index contributed by atoms with van der Waals surface area (Å²) in [5.74, 6) is 0.848. The van der Waals surface area contributed by atoms with E-state index in [1.807, 2.05) is 11.6 Å². The first-order valence-electron chi connectivity index (χ1n) is 9.29. The van der Waals surface area contributed by atoms with Gasteiger partial charge in [0, 0.05) is 37.1 Å². The summed E-state index contributed by atoms with van der Waals surface area (Å²) in [6, 6.07) is 4.76. The molecular formula is C21H26FN5. The van der Waals surface area contributed by atoms with Gasteiger partial charge in [0.1, 0.15) is 5.82 Å². The van der Waals surface area contributed by atoms with E-state index in [1.54, 1.807) is 24.5 Å². The Bertz CT molecular complexity index is 899. The lowest BCUT2D eigenvalue weighted by Gasteiger charge is -2.09. The standard InChI is InChI=1S/C21H26FN5/c1-14(2)12-27-13-18(15(3)26-27)8-17-9-19(22)4-5-20(17)21-24-10-16(6-7-23)11-25-21/h4-5,9-11,13-14H,6-8,12,23H2,1-3H3. The predicted molar refractivity (Wildman–Crippen MR) is 105 cm³/mol. The molecule has 0 atom stereocenters. The van der Waals surface area contributed by atoms with Crippen LogP contribution in [-0.2, 0) is 19.4 Å². The van der Waals surface area contributed by atoms with E-state index in [1.165, 1.54) is 6.07 Å². The Balaban J connectivity index is 1.92. The first-order valence-corrected chi connectivity index (χ1v) is 9.29. The lowest BCUT2D eigenvalue weighted by Crippen LogP contribution is -2.04. The lowest BCUT2D eigenvalue weighted by atomic mass is 9.99. The van der Waals surface area contributed by atoms with Crippen LogP contribution in [0.5, 0.6) is 0 Å². The highest BCUT2D eigenvalue weighted by Crippen LogP contribution is 2.25. The summed E-state index contributed by atoms with van der Waals surface area (Å²) in [4.78, 5) is 8.91. The van der Waals surface area contributed by atoms with Crippen molar-refractivity contribution >= 4 is 0 Å². The van der Waals surface area contributed by atoms with Gasteiger partial charge in [-0.2, -0.15) is 5.10 Å². The van der Waals surface area contributed by atoms with Crippen molar-refractivity contribution in [3.05, 3.63) is 65.0 Å². The lowest BCUT2D eigenvalue weighted by molar-refractivity contribution is 0.481. The van der Waals surface area contributed by atoms with Crippen LogP contribution in [0.1, 0.15) is 36.2 Å². The third-order valence-electron chi connectivity index (χ3n) is 4.43. The molecule has 5 nitrogen and oxygen atoms in total. The third kappa shape index (κ3) is 4.77. The van der Waals surface area contributed by atoms with Crippen LogP contribution in [0.2, 0.25) is 0 Å². The minimum absolute atomic E-state index is 0.263. The van der Waals surface area contributed by atoms with Crippen molar-refractivity contribution < 1.29 is 4.39 Å². The summed E-state index contributed by atoms with van der Waals surface area (Å²) < 4.78 is 15.9. The SMILES string of the molecule is Cc1nn(CC(C)C)cc1Cc1cc(F)ccc1-c1ncc(CCN)cn1. The van der Waals surface area contributed by atoms with E-state index >= 15 is 0 Å². The van der Waals surface area contributed by atoms with E-state index in [0.29, 0.717) is 24.7 Å². The molecule has 0 saturated carbocycles. The minimum Gasteiger partial charge on any atom is -0.330 e. The summed E-state index contributed by atoms with van der Waals surface area (Å²) in [6.45, 7) is 7.73. The van der Waals surface area contributed by atoms with Crippen LogP contribution in [0.25, 0.3) is 11.4 Å². The molecule has 0 amide bonds. The first-order chi connectivity index (χ1) is 13.0. The topological polar surface area (TPSA) is 69.6 Å². The maximum atomic E-state index is 13.9. The number of hydrogen-bond acceptors (Lipinski definition) is 4. The molecule has 0 saturated heterocycles. The average Bonchev–Trinajstić information content (AvgIpc) is 2.94. The van der Waals surface area contributed by atoms with Crippen molar-refractivity contribution in [3.63, 3.8) is 0 Å². The van der Waals surface area contributed by atoms with Gasteiger partial charge >= 0.3 is 0 Å². The molecule has 142 valence electrons. The molecule has 6 heteroatoms. The quantitative estimate of drug-likeness (QED) is 0.693. The normalized spacial score (nSPS) is 11.3. The van der Waals surface area contributed by atoms with Crippen LogP contribution in [0.15, 0.2) is 36.8 Å². The number of hydrogen-bond donors (Lipinski definition) is 1. The van der Waals surface area contributed by atoms with Gasteiger partial charge in [0.2, 0.25) is 0 Å². The van der Waals surface area contributed by atoms with Gasteiger partial charge in [-0.05, 0) is 60.7 Å². The molecule has 27 heavy (non-hydrogen) atoms. The summed E-state index contributed by atoms with van der Waals surface area (Å²) in [6.07, 6.45) is 6.95. The molecule has 0 bridgehead atoms. The fourth-order valence-electron chi connectivity index (χ4n) is 3.12. The highest BCUT2D eigenvalue weighted by molar-refractivity contribution is 5.61. The molecule has 2 N–H and O–H groups in total. The fraction of sp³-hybridized carbons (Fsp3) is 0.381. The maximum absolute atomic E-state index is 13.9. The molecule has 0 aliphatic heterocycles. The van der Waals surface area contributed by atoms with Gasteiger partial charge in [0.05, 0.1) is 5.69 Å². The van der Waals surface area contributed by atoms with Gasteiger partial charge in [-0.15, -0.1) is 0 Å². The Morgan fingerprint density at radius 2 is 1.89 bits per heavy atom. The van der Waals surface area contributed by atoms with Crippen LogP contribution in [-0.4, -0.2) is 26.3 Å². The second-order valence-corrected chi connectivity index (χ2v) is 7.29. The molecule has 0 fully saturated rings. The van der Waals surface area contributed by atoms with Crippen molar-refractivity contribution in [2.75, 3.05) is 6.54 Å². The second-order valence-electron chi connectivity index (χ2n) is 7.29. The number of nitrogens with zero attached hydrogens (tertiary/aromatic N) is 4. The second kappa shape index (κ2) is 8.39. The summed E-state index contributed by atoms with van der Waals surface area (Å²) in [5.41, 5.74) is 10.3. The molecule has 0 aliphatic carbocycles. The zero-order valence-electron chi connectivity index (χ0n) is 16.1. The highest BCUT2D eigenvalue weighted by Gasteiger charge is 2.13. The largest absolute Gasteiger partial charge is 0.330 e. The monoisotopic (exact) mass is 367 g/mol. The van der Waals surface area contributed by atoms with Crippen molar-refractivity contribution in [2.24, 2.45) is 11.7 Å². The van der Waals surface area contributed by atoms with Gasteiger partial charge in [0.15, 0.2) is 5.82 Å². The van der Waals surface area contributed by atoms with Crippen molar-refractivity contribution in [3.8, 4) is 11.4 Å². The van der Waals surface area contributed by atoms with Crippen LogP contribution in [0.4, 0.5) is 4.39 Å². The van der Waals surface area contributed by atoms with E-state index < -0.39 is 0 Å². The van der Waals surface area contributed by atoms with Crippen LogP contribution in [0.3, 0.4) is 0 Å². The Morgan fingerprint density at radius 3 is 2.56 bits per heavy atom. The van der Waals surface area contributed by atoms with Gasteiger partial charge in [-0.3, -0.25) is 4.68 Å². The molecule has 0 unspecified atom stereocenters. The molecule has 3 rings (SSSR count). The molecule has 0 spiro atoms. The minimum atomic E-state index is -0.263. The predicted octanol–water partition coefficient (Wildman–Crippen LogP) is 3.54. The third-order valence-corrected chi connectivity index (χ3v) is 4.43. The fourth-order valence-corrected chi connectivity index (χ4v) is 3.12. The van der Waals surface area contributed by atoms with Gasteiger partial charge < -0.3 is 5.73 Å². The van der Waals surface area contributed by atoms with Crippen LogP contribution in [0, 0.1) is 18.7 Å². The van der Waals surface area contributed by atoms with Crippen LogP contribution < -0.4 is 5.73 Å². The van der Waals surface area contributed by atoms with Gasteiger partial charge in [0.25, 0.3) is 0 Å². The zero-order valence-corrected chi connectivity index (χ0v) is 16.1. The Hall–Kier alpha value is -2.60.